The van der Waals surface area contributed by atoms with Crippen LogP contribution in [0.4, 0.5) is 5.69 Å². The molecule has 0 fully saturated rings. The molecule has 8 nitrogen and oxygen atoms in total. The number of anilines is 1. The van der Waals surface area contributed by atoms with Gasteiger partial charge in [-0.2, -0.15) is 0 Å². The lowest BCUT2D eigenvalue weighted by Gasteiger charge is -2.16. The van der Waals surface area contributed by atoms with Crippen molar-refractivity contribution in [2.45, 2.75) is 26.7 Å². The van der Waals surface area contributed by atoms with E-state index in [0.29, 0.717) is 34.5 Å². The third kappa shape index (κ3) is 5.51. The largest absolute Gasteiger partial charge is 0.504 e. The highest BCUT2D eigenvalue weighted by molar-refractivity contribution is 6.03. The first-order chi connectivity index (χ1) is 16.2. The molecular formula is C26H30N2O6. The summed E-state index contributed by atoms with van der Waals surface area (Å²) in [4.78, 5) is 25.2. The van der Waals surface area contributed by atoms with Crippen LogP contribution in [0.1, 0.15) is 32.3 Å². The highest BCUT2D eigenvalue weighted by atomic mass is 16.5. The predicted octanol–water partition coefficient (Wildman–Crippen LogP) is 4.43. The predicted molar refractivity (Wildman–Crippen MR) is 133 cm³/mol. The molecule has 3 N–H and O–H groups in total. The van der Waals surface area contributed by atoms with Crippen LogP contribution in [0.3, 0.4) is 0 Å². The van der Waals surface area contributed by atoms with Crippen molar-refractivity contribution in [3.05, 3.63) is 58.4 Å². The second-order valence-electron chi connectivity index (χ2n) is 8.23. The second-order valence-corrected chi connectivity index (χ2v) is 8.23. The number of phenols is 1. The van der Waals surface area contributed by atoms with Gasteiger partial charge in [0.1, 0.15) is 0 Å². The molecule has 180 valence electrons. The van der Waals surface area contributed by atoms with Gasteiger partial charge < -0.3 is 29.6 Å². The average Bonchev–Trinajstić information content (AvgIpc) is 2.82. The smallest absolute Gasteiger partial charge is 0.297 e. The minimum absolute atomic E-state index is 0.0122. The zero-order valence-electron chi connectivity index (χ0n) is 19.8. The number of methoxy groups -OCH3 is 1. The van der Waals surface area contributed by atoms with Gasteiger partial charge in [-0.25, -0.2) is 0 Å². The van der Waals surface area contributed by atoms with Crippen LogP contribution in [-0.2, 0) is 11.8 Å². The molecule has 1 heterocycles. The summed E-state index contributed by atoms with van der Waals surface area (Å²) in [5, 5.41) is 23.5. The molecule has 3 aromatic rings. The number of aryl methyl sites for hydroxylation is 1. The van der Waals surface area contributed by atoms with Crippen molar-refractivity contribution in [2.75, 3.05) is 19.0 Å². The molecule has 2 aromatic carbocycles. The summed E-state index contributed by atoms with van der Waals surface area (Å²) in [6.45, 7) is 4.46. The minimum atomic E-state index is -0.446. The van der Waals surface area contributed by atoms with Crippen LogP contribution < -0.4 is 20.3 Å². The number of hydrogen-bond donors (Lipinski definition) is 3. The summed E-state index contributed by atoms with van der Waals surface area (Å²) in [7, 11) is 3.04. The van der Waals surface area contributed by atoms with Crippen LogP contribution in [-0.4, -0.2) is 34.4 Å². The fourth-order valence-corrected chi connectivity index (χ4v) is 3.66. The van der Waals surface area contributed by atoms with E-state index >= 15 is 0 Å². The molecule has 1 atom stereocenters. The van der Waals surface area contributed by atoms with E-state index in [4.69, 9.17) is 9.47 Å². The maximum Gasteiger partial charge on any atom is 0.297 e. The molecule has 1 unspecified atom stereocenters. The Morgan fingerprint density at radius 2 is 1.97 bits per heavy atom. The summed E-state index contributed by atoms with van der Waals surface area (Å²) >= 11 is 0. The fraction of sp³-hybridized carbons (Fsp3) is 0.308. The number of hydrogen-bond acceptors (Lipinski definition) is 6. The molecule has 0 saturated heterocycles. The first-order valence-electron chi connectivity index (χ1n) is 11.1. The van der Waals surface area contributed by atoms with E-state index < -0.39 is 5.56 Å². The van der Waals surface area contributed by atoms with Gasteiger partial charge in [0.25, 0.3) is 5.56 Å². The van der Waals surface area contributed by atoms with E-state index in [2.05, 4.69) is 12.2 Å². The summed E-state index contributed by atoms with van der Waals surface area (Å²) < 4.78 is 12.1. The molecule has 3 rings (SSSR count). The molecule has 0 aliphatic carbocycles. The van der Waals surface area contributed by atoms with Gasteiger partial charge in [-0.1, -0.05) is 26.3 Å². The van der Waals surface area contributed by atoms with Gasteiger partial charge in [-0.15, -0.1) is 0 Å². The van der Waals surface area contributed by atoms with Crippen molar-refractivity contribution < 1.29 is 24.5 Å². The summed E-state index contributed by atoms with van der Waals surface area (Å²) in [5.41, 5.74) is 1.15. The number of carbonyl (C=O) groups is 1. The van der Waals surface area contributed by atoms with E-state index in [-0.39, 0.29) is 29.1 Å². The Hall–Kier alpha value is -3.94. The van der Waals surface area contributed by atoms with Crippen LogP contribution in [0.2, 0.25) is 0 Å². The lowest BCUT2D eigenvalue weighted by molar-refractivity contribution is -0.111. The molecule has 0 bridgehead atoms. The number of fused-ring (bicyclic) bond motifs is 1. The number of nitrogens with one attached hydrogen (secondary N) is 1. The standard InChI is InChI=1S/C26H30N2O6/c1-5-6-16(2)15-34-25-24(31)19-10-9-18(14-20(19)28(3)26(25)32)27-23(30)12-8-17-7-11-21(29)22(13-17)33-4/h7-14,16,29,31H,5-6,15H2,1-4H3,(H,27,30)/b12-8+. The maximum atomic E-state index is 12.8. The number of pyridine rings is 1. The summed E-state index contributed by atoms with van der Waals surface area (Å²) in [6, 6.07) is 9.64. The van der Waals surface area contributed by atoms with Crippen LogP contribution in [0.15, 0.2) is 47.3 Å². The highest BCUT2D eigenvalue weighted by Crippen LogP contribution is 2.33. The van der Waals surface area contributed by atoms with Crippen molar-refractivity contribution in [1.29, 1.82) is 0 Å². The number of aromatic nitrogens is 1. The van der Waals surface area contributed by atoms with Crippen LogP contribution in [0.25, 0.3) is 17.0 Å². The van der Waals surface area contributed by atoms with Gasteiger partial charge in [0.05, 0.1) is 19.2 Å². The van der Waals surface area contributed by atoms with Gasteiger partial charge in [0, 0.05) is 24.2 Å². The number of phenolic OH excluding ortho intramolecular Hbond substituents is 1. The Bertz CT molecular complexity index is 1280. The summed E-state index contributed by atoms with van der Waals surface area (Å²) in [6.07, 6.45) is 4.91. The molecular weight excluding hydrogens is 436 g/mol. The molecule has 8 heteroatoms. The number of nitrogens with zero attached hydrogens (tertiary/aromatic N) is 1. The first-order valence-corrected chi connectivity index (χ1v) is 11.1. The SMILES string of the molecule is CCCC(C)COc1c(O)c2ccc(NC(=O)/C=C/c3ccc(O)c(OC)c3)cc2n(C)c1=O. The normalized spacial score (nSPS) is 12.1. The van der Waals surface area contributed by atoms with Crippen LogP contribution in [0.5, 0.6) is 23.0 Å². The number of rotatable bonds is 9. The Labute approximate surface area is 198 Å². The molecule has 34 heavy (non-hydrogen) atoms. The van der Waals surface area contributed by atoms with Crippen molar-refractivity contribution in [3.63, 3.8) is 0 Å². The van der Waals surface area contributed by atoms with Gasteiger partial charge in [0.2, 0.25) is 11.7 Å². The Morgan fingerprint density at radius 3 is 2.68 bits per heavy atom. The lowest BCUT2D eigenvalue weighted by Crippen LogP contribution is -2.22. The van der Waals surface area contributed by atoms with Crippen LogP contribution in [0, 0.1) is 5.92 Å². The Balaban J connectivity index is 1.81. The van der Waals surface area contributed by atoms with E-state index in [1.165, 1.54) is 23.8 Å². The third-order valence-corrected chi connectivity index (χ3v) is 5.52. The van der Waals surface area contributed by atoms with Gasteiger partial charge in [0.15, 0.2) is 17.2 Å². The number of benzene rings is 2. The van der Waals surface area contributed by atoms with E-state index in [1.54, 1.807) is 43.5 Å². The molecule has 0 radical (unpaired) electrons. The van der Waals surface area contributed by atoms with Crippen LogP contribution >= 0.6 is 0 Å². The quantitative estimate of drug-likeness (QED) is 0.403. The Kier molecular flexibility index (Phi) is 7.83. The van der Waals surface area contributed by atoms with Crippen molar-refractivity contribution >= 4 is 28.6 Å². The zero-order chi connectivity index (χ0) is 24.8. The number of amides is 1. The summed E-state index contributed by atoms with van der Waals surface area (Å²) in [5.74, 6) is -0.0782. The van der Waals surface area contributed by atoms with Crippen molar-refractivity contribution in [1.82, 2.24) is 4.57 Å². The number of ether oxygens (including phenoxy) is 2. The molecule has 0 aliphatic heterocycles. The third-order valence-electron chi connectivity index (χ3n) is 5.52. The maximum absolute atomic E-state index is 12.8. The molecule has 1 amide bonds. The molecule has 0 saturated carbocycles. The highest BCUT2D eigenvalue weighted by Gasteiger charge is 2.17. The van der Waals surface area contributed by atoms with Crippen molar-refractivity contribution in [3.8, 4) is 23.0 Å². The molecule has 0 aliphatic rings. The van der Waals surface area contributed by atoms with E-state index in [9.17, 15) is 19.8 Å². The lowest BCUT2D eigenvalue weighted by atomic mass is 10.1. The van der Waals surface area contributed by atoms with Gasteiger partial charge in [-0.3, -0.25) is 9.59 Å². The van der Waals surface area contributed by atoms with E-state index in [1.807, 2.05) is 6.92 Å². The van der Waals surface area contributed by atoms with Gasteiger partial charge >= 0.3 is 0 Å². The van der Waals surface area contributed by atoms with Crippen molar-refractivity contribution in [2.24, 2.45) is 13.0 Å². The molecule has 1 aromatic heterocycles. The molecule has 0 spiro atoms. The van der Waals surface area contributed by atoms with Gasteiger partial charge in [-0.05, 0) is 54.3 Å². The first kappa shape index (κ1) is 24.7. The minimum Gasteiger partial charge on any atom is -0.504 e. The zero-order valence-corrected chi connectivity index (χ0v) is 19.8. The fourth-order valence-electron chi connectivity index (χ4n) is 3.66. The number of aromatic hydroxyl groups is 2. The average molecular weight is 467 g/mol. The topological polar surface area (TPSA) is 110 Å². The monoisotopic (exact) mass is 466 g/mol. The van der Waals surface area contributed by atoms with E-state index in [0.717, 1.165) is 12.8 Å². The second kappa shape index (κ2) is 10.8. The Morgan fingerprint density at radius 1 is 1.21 bits per heavy atom. The number of carbonyl (C=O) groups excluding carboxylic acids is 1.